The third-order valence-electron chi connectivity index (χ3n) is 0. The molecule has 0 atom stereocenters. The van der Waals surface area contributed by atoms with Gasteiger partial charge in [0.25, 0.3) is 0 Å². The Bertz CT molecular complexity index is 28.5. The van der Waals surface area contributed by atoms with Crippen molar-refractivity contribution in [3.8, 4) is 0 Å². The third-order valence-corrected chi connectivity index (χ3v) is 0. The first-order chi connectivity index (χ1) is 1.41. The van der Waals surface area contributed by atoms with E-state index in [1.807, 2.05) is 0 Å². The van der Waals surface area contributed by atoms with Gasteiger partial charge in [-0.1, -0.05) is 0 Å². The molecule has 0 heterocycles. The minimum absolute atomic E-state index is 0. The molecular weight excluding hydrogens is 361 g/mol. The van der Waals surface area contributed by atoms with Crippen LogP contribution in [0.5, 0.6) is 0 Å². The summed E-state index contributed by atoms with van der Waals surface area (Å²) >= 11 is -2.51. The Morgan fingerprint density at radius 1 is 1.00 bits per heavy atom. The fourth-order valence-corrected chi connectivity index (χ4v) is 0. The van der Waals surface area contributed by atoms with Crippen LogP contribution in [0.1, 0.15) is 0 Å². The molecule has 4 nitrogen and oxygen atoms in total. The number of hydrogen-bond donors (Lipinski definition) is 0. The molecule has 0 aromatic rings. The molecule has 0 aliphatic rings. The van der Waals surface area contributed by atoms with Gasteiger partial charge in [0.05, 0.1) is 0 Å². The van der Waals surface area contributed by atoms with Crippen LogP contribution in [-0.2, 0) is 31.9 Å². The summed E-state index contributed by atoms with van der Waals surface area (Å²) in [5, 5.41) is 0. The van der Waals surface area contributed by atoms with Crippen molar-refractivity contribution in [3.05, 3.63) is 0 Å². The summed E-state index contributed by atoms with van der Waals surface area (Å²) in [7, 11) is 0. The summed E-state index contributed by atoms with van der Waals surface area (Å²) in [6.45, 7) is 0. The van der Waals surface area contributed by atoms with Gasteiger partial charge >= 0.3 is 48.8 Å². The van der Waals surface area contributed by atoms with E-state index < -0.39 is 27.8 Å². The van der Waals surface area contributed by atoms with Crippen LogP contribution in [0, 0.1) is 27.8 Å². The van der Waals surface area contributed by atoms with Crippen LogP contribution in [0.2, 0.25) is 0 Å². The van der Waals surface area contributed by atoms with E-state index in [1.54, 1.807) is 0 Å². The number of hydrogen-bond acceptors (Lipinski definition) is 2. The fourth-order valence-electron chi connectivity index (χ4n) is 0. The molecule has 0 radical (unpaired) electrons. The molecule has 0 aliphatic carbocycles. The molecule has 38 valence electrons. The van der Waals surface area contributed by atoms with Gasteiger partial charge < -0.3 is 11.0 Å². The Balaban J connectivity index is -0.00000000667. The van der Waals surface area contributed by atoms with Gasteiger partial charge in [-0.05, 0) is 0 Å². The normalized spacial score (nSPS) is 1.33. The van der Waals surface area contributed by atoms with Crippen molar-refractivity contribution in [1.82, 2.24) is 0 Å². The Morgan fingerprint density at radius 3 is 1.00 bits per heavy atom. The van der Waals surface area contributed by atoms with Crippen molar-refractivity contribution in [2.24, 2.45) is 0 Å². The molecular formula is NiO4U. The van der Waals surface area contributed by atoms with Crippen LogP contribution < -0.4 is 0 Å². The van der Waals surface area contributed by atoms with Crippen molar-refractivity contribution in [1.29, 1.82) is 0 Å². The minimum atomic E-state index is -2.51. The van der Waals surface area contributed by atoms with Crippen LogP contribution in [-0.4, -0.2) is 0 Å². The monoisotopic (exact) mass is 360 g/mol. The van der Waals surface area contributed by atoms with E-state index in [4.69, 9.17) is 4.47 Å². The summed E-state index contributed by atoms with van der Waals surface area (Å²) in [6.07, 6.45) is 0. The molecule has 0 unspecified atom stereocenters. The Hall–Kier alpha value is 1.07. The van der Waals surface area contributed by atoms with Gasteiger partial charge in [-0.2, -0.15) is 0 Å². The van der Waals surface area contributed by atoms with Gasteiger partial charge in [-0.3, -0.25) is 0 Å². The molecule has 0 aliphatic heterocycles. The van der Waals surface area contributed by atoms with E-state index in [0.29, 0.717) is 0 Å². The fraction of sp³-hybridized carbons (Fsp3) is 0. The topological polar surface area (TPSA) is 91.1 Å². The second kappa shape index (κ2) is 36.5. The van der Waals surface area contributed by atoms with Crippen molar-refractivity contribution < 1.29 is 59.7 Å². The van der Waals surface area contributed by atoms with Gasteiger partial charge in [-0.15, -0.1) is 0 Å². The first kappa shape index (κ1) is 27.7. The summed E-state index contributed by atoms with van der Waals surface area (Å²) in [4.78, 5) is 0. The third kappa shape index (κ3) is 73.8. The molecule has 0 saturated heterocycles. The number of rotatable bonds is 0. The van der Waals surface area contributed by atoms with E-state index in [9.17, 15) is 0 Å². The SMILES string of the molecule is [Ni+2].[O-2].[O-2].[O]=[U+2]=[O]. The zero-order chi connectivity index (χ0) is 2.71. The van der Waals surface area contributed by atoms with Gasteiger partial charge in [0, 0.05) is 0 Å². The molecule has 0 bridgehead atoms. The Kier molecular flexibility index (Phi) is 168. The molecule has 0 amide bonds. The molecule has 6 heteroatoms. The van der Waals surface area contributed by atoms with Crippen molar-refractivity contribution in [2.45, 2.75) is 0 Å². The molecule has 0 spiro atoms. The maximum absolute atomic E-state index is 8.58. The first-order valence-corrected chi connectivity index (χ1v) is 3.81. The van der Waals surface area contributed by atoms with Gasteiger partial charge in [0.2, 0.25) is 0 Å². The molecule has 0 fully saturated rings. The second-order valence-electron chi connectivity index (χ2n) is 0.0833. The van der Waals surface area contributed by atoms with Crippen molar-refractivity contribution in [3.63, 3.8) is 0 Å². The summed E-state index contributed by atoms with van der Waals surface area (Å²) < 4.78 is 17.2. The summed E-state index contributed by atoms with van der Waals surface area (Å²) in [6, 6.07) is 0. The van der Waals surface area contributed by atoms with Gasteiger partial charge in [-0.25, -0.2) is 0 Å². The van der Waals surface area contributed by atoms with Crippen LogP contribution in [0.4, 0.5) is 0 Å². The average molecular weight is 361 g/mol. The molecule has 0 saturated carbocycles. The second-order valence-corrected chi connectivity index (χ2v) is 0.777. The van der Waals surface area contributed by atoms with Crippen LogP contribution in [0.15, 0.2) is 0 Å². The Morgan fingerprint density at radius 2 is 1.00 bits per heavy atom. The van der Waals surface area contributed by atoms with Crippen LogP contribution in [0.25, 0.3) is 0 Å². The maximum atomic E-state index is 8.58. The molecule has 0 N–H and O–H groups in total. The van der Waals surface area contributed by atoms with Gasteiger partial charge in [0.1, 0.15) is 0 Å². The summed E-state index contributed by atoms with van der Waals surface area (Å²) in [5.41, 5.74) is 0. The van der Waals surface area contributed by atoms with E-state index in [1.165, 1.54) is 0 Å². The average Bonchev–Trinajstić information content (AvgIpc) is 0.918. The Labute approximate surface area is 59.4 Å². The molecule has 0 rings (SSSR count). The van der Waals surface area contributed by atoms with Crippen LogP contribution >= 0.6 is 0 Å². The van der Waals surface area contributed by atoms with Crippen molar-refractivity contribution in [2.75, 3.05) is 0 Å². The zero-order valence-corrected chi connectivity index (χ0v) is 7.60. The van der Waals surface area contributed by atoms with E-state index in [2.05, 4.69) is 0 Å². The molecule has 0 aromatic heterocycles. The first-order valence-electron chi connectivity index (χ1n) is 0.408. The quantitative estimate of drug-likeness (QED) is 0.546. The summed E-state index contributed by atoms with van der Waals surface area (Å²) in [5.74, 6) is 0. The van der Waals surface area contributed by atoms with E-state index in [0.717, 1.165) is 0 Å². The standard InChI is InChI=1S/Ni.4O.U/q+2;;;2*-2;+2. The molecule has 0 aromatic carbocycles. The van der Waals surface area contributed by atoms with Crippen LogP contribution in [0.3, 0.4) is 0 Å². The predicted molar refractivity (Wildman–Crippen MR) is 2.75 cm³/mol. The zero-order valence-electron chi connectivity index (χ0n) is 2.45. The van der Waals surface area contributed by atoms with Crippen molar-refractivity contribution >= 4 is 0 Å². The van der Waals surface area contributed by atoms with Gasteiger partial charge in [0.15, 0.2) is 0 Å². The van der Waals surface area contributed by atoms with E-state index >= 15 is 0 Å². The molecule has 6 heavy (non-hydrogen) atoms. The predicted octanol–water partition coefficient (Wildman–Crippen LogP) is -0.478. The van der Waals surface area contributed by atoms with E-state index in [-0.39, 0.29) is 27.4 Å².